The number of aliphatic hydroxyl groups is 1. The first-order valence-corrected chi connectivity index (χ1v) is 19.3. The van der Waals surface area contributed by atoms with Crippen LogP contribution in [0, 0.1) is 17.8 Å². The van der Waals surface area contributed by atoms with Crippen molar-refractivity contribution < 1.29 is 29.0 Å². The zero-order valence-electron chi connectivity index (χ0n) is 33.0. The van der Waals surface area contributed by atoms with Crippen molar-refractivity contribution in [3.8, 4) is 0 Å². The molecular weight excluding hydrogens is 668 g/mol. The van der Waals surface area contributed by atoms with Crippen LogP contribution in [0.5, 0.6) is 0 Å². The number of fused-ring (bicyclic) bond motifs is 1. The molecule has 0 radical (unpaired) electrons. The van der Waals surface area contributed by atoms with E-state index >= 15 is 0 Å². The maximum Gasteiger partial charge on any atom is 0.408 e. The molecule has 10 nitrogen and oxygen atoms in total. The topological polar surface area (TPSA) is 137 Å². The minimum Gasteiger partial charge on any atom is -0.445 e. The highest BCUT2D eigenvalue weighted by atomic mass is 16.5. The number of nitrogens with zero attached hydrogens (tertiary/aromatic N) is 1. The number of benzene rings is 3. The summed E-state index contributed by atoms with van der Waals surface area (Å²) in [6.07, 6.45) is 1.29. The Balaban J connectivity index is 2.09. The number of hydrogen-bond acceptors (Lipinski definition) is 6. The summed E-state index contributed by atoms with van der Waals surface area (Å²) in [7, 11) is 0. The van der Waals surface area contributed by atoms with Crippen LogP contribution in [0.1, 0.15) is 99.5 Å². The van der Waals surface area contributed by atoms with E-state index in [1.165, 1.54) is 4.90 Å². The van der Waals surface area contributed by atoms with Crippen LogP contribution in [-0.2, 0) is 25.7 Å². The quantitative estimate of drug-likeness (QED) is 0.0950. The largest absolute Gasteiger partial charge is 0.445 e. The third kappa shape index (κ3) is 12.3. The Morgan fingerprint density at radius 3 is 2.11 bits per heavy atom. The standard InChI is InChI=1S/C43H62N4O6/c1-9-10-22-38(39(49)46-43(31(6)7,41(51)44-27-30(4)5)26-35(48)25-24-29(2)3)47(37-23-16-20-34-19-14-15-21-36(34)37)40(50)32(8)45-42(52)53-28-33-17-12-11-13-18-33/h11-21,23,29-32,35,38,48H,9-10,22,24-28H2,1-8H3,(H,44,51)(H,45,52)(H,46,49)/t32-,35?,38-,43?/m0/s1. The molecule has 53 heavy (non-hydrogen) atoms. The van der Waals surface area contributed by atoms with Crippen molar-refractivity contribution >= 4 is 40.3 Å². The highest BCUT2D eigenvalue weighted by Gasteiger charge is 2.47. The maximum atomic E-state index is 14.9. The molecule has 4 N–H and O–H groups in total. The zero-order valence-corrected chi connectivity index (χ0v) is 33.0. The van der Waals surface area contributed by atoms with Crippen LogP contribution in [0.3, 0.4) is 0 Å². The number of unbranched alkanes of at least 4 members (excludes halogenated alkanes) is 1. The number of ether oxygens (including phenoxy) is 1. The molecule has 0 aromatic heterocycles. The second-order valence-electron chi connectivity index (χ2n) is 15.3. The van der Waals surface area contributed by atoms with E-state index in [1.807, 2.05) is 101 Å². The molecule has 0 bridgehead atoms. The summed E-state index contributed by atoms with van der Waals surface area (Å²) in [6.45, 7) is 15.9. The van der Waals surface area contributed by atoms with E-state index < -0.39 is 47.6 Å². The highest BCUT2D eigenvalue weighted by molar-refractivity contribution is 6.10. The van der Waals surface area contributed by atoms with Crippen LogP contribution in [0.25, 0.3) is 10.8 Å². The summed E-state index contributed by atoms with van der Waals surface area (Å²) in [5.41, 5.74) is -0.159. The van der Waals surface area contributed by atoms with Gasteiger partial charge in [0.1, 0.15) is 24.2 Å². The van der Waals surface area contributed by atoms with E-state index in [-0.39, 0.29) is 24.9 Å². The van der Waals surface area contributed by atoms with Gasteiger partial charge in [0.05, 0.1) is 11.8 Å². The lowest BCUT2D eigenvalue weighted by Gasteiger charge is -2.41. The molecule has 4 amide bonds. The summed E-state index contributed by atoms with van der Waals surface area (Å²) in [5.74, 6) is -1.27. The van der Waals surface area contributed by atoms with Gasteiger partial charge in [0, 0.05) is 18.4 Å². The monoisotopic (exact) mass is 730 g/mol. The molecule has 0 heterocycles. The number of carbonyl (C=O) groups is 4. The summed E-state index contributed by atoms with van der Waals surface area (Å²) in [5, 5.41) is 21.8. The van der Waals surface area contributed by atoms with E-state index in [4.69, 9.17) is 4.74 Å². The lowest BCUT2D eigenvalue weighted by atomic mass is 9.78. The number of nitrogens with one attached hydrogen (secondary N) is 3. The first kappa shape index (κ1) is 43.0. The second-order valence-corrected chi connectivity index (χ2v) is 15.3. The van der Waals surface area contributed by atoms with Gasteiger partial charge in [0.25, 0.3) is 0 Å². The summed E-state index contributed by atoms with van der Waals surface area (Å²) < 4.78 is 5.44. The van der Waals surface area contributed by atoms with Crippen LogP contribution in [0.2, 0.25) is 0 Å². The third-order valence-electron chi connectivity index (χ3n) is 9.67. The summed E-state index contributed by atoms with van der Waals surface area (Å²) in [4.78, 5) is 58.3. The Morgan fingerprint density at radius 2 is 1.47 bits per heavy atom. The van der Waals surface area contributed by atoms with Crippen molar-refractivity contribution in [2.45, 2.75) is 124 Å². The van der Waals surface area contributed by atoms with E-state index in [1.54, 1.807) is 13.0 Å². The molecule has 290 valence electrons. The average Bonchev–Trinajstić information content (AvgIpc) is 3.13. The Morgan fingerprint density at radius 1 is 0.811 bits per heavy atom. The molecule has 3 aromatic carbocycles. The van der Waals surface area contributed by atoms with Crippen LogP contribution in [0.15, 0.2) is 72.8 Å². The van der Waals surface area contributed by atoms with E-state index in [0.29, 0.717) is 37.4 Å². The number of rotatable bonds is 20. The molecule has 0 fully saturated rings. The Bertz CT molecular complexity index is 1620. The SMILES string of the molecule is CCCC[C@@H](C(=O)NC(CC(O)CCC(C)C)(C(=O)NCC(C)C)C(C)C)N(C(=O)[C@H](C)NC(=O)OCc1ccccc1)c1cccc2ccccc12. The number of carbonyl (C=O) groups excluding carboxylic acids is 4. The fraction of sp³-hybridized carbons (Fsp3) is 0.535. The van der Waals surface area contributed by atoms with Crippen molar-refractivity contribution in [3.63, 3.8) is 0 Å². The minimum absolute atomic E-state index is 0.0149. The molecule has 3 aromatic rings. The van der Waals surface area contributed by atoms with Crippen molar-refractivity contribution in [3.05, 3.63) is 78.4 Å². The molecule has 0 saturated heterocycles. The highest BCUT2D eigenvalue weighted by Crippen LogP contribution is 2.32. The van der Waals surface area contributed by atoms with Crippen LogP contribution in [0.4, 0.5) is 10.5 Å². The lowest BCUT2D eigenvalue weighted by molar-refractivity contribution is -0.138. The van der Waals surface area contributed by atoms with Crippen LogP contribution in [-0.4, -0.2) is 59.2 Å². The van der Waals surface area contributed by atoms with Gasteiger partial charge < -0.3 is 25.8 Å². The van der Waals surface area contributed by atoms with Crippen LogP contribution < -0.4 is 20.9 Å². The Labute approximate surface area is 316 Å². The van der Waals surface area contributed by atoms with Crippen molar-refractivity contribution in [1.29, 1.82) is 0 Å². The predicted molar refractivity (Wildman–Crippen MR) is 212 cm³/mol. The van der Waals surface area contributed by atoms with Crippen molar-refractivity contribution in [2.24, 2.45) is 17.8 Å². The molecule has 0 aliphatic rings. The Kier molecular flexibility index (Phi) is 16.8. The van der Waals surface area contributed by atoms with Gasteiger partial charge in [-0.05, 0) is 61.0 Å². The van der Waals surface area contributed by atoms with Gasteiger partial charge in [-0.3, -0.25) is 19.3 Å². The van der Waals surface area contributed by atoms with Gasteiger partial charge in [-0.25, -0.2) is 4.79 Å². The van der Waals surface area contributed by atoms with Gasteiger partial charge in [0.2, 0.25) is 17.7 Å². The summed E-state index contributed by atoms with van der Waals surface area (Å²) in [6, 6.07) is 20.3. The number of amides is 4. The maximum absolute atomic E-state index is 14.9. The molecular formula is C43H62N4O6. The smallest absolute Gasteiger partial charge is 0.408 e. The first-order chi connectivity index (χ1) is 25.2. The predicted octanol–water partition coefficient (Wildman–Crippen LogP) is 7.52. The fourth-order valence-corrected chi connectivity index (χ4v) is 6.45. The number of hydrogen-bond donors (Lipinski definition) is 4. The zero-order chi connectivity index (χ0) is 39.1. The second kappa shape index (κ2) is 20.7. The first-order valence-electron chi connectivity index (χ1n) is 19.3. The van der Waals surface area contributed by atoms with Crippen molar-refractivity contribution in [2.75, 3.05) is 11.4 Å². The normalized spacial score (nSPS) is 14.3. The summed E-state index contributed by atoms with van der Waals surface area (Å²) >= 11 is 0. The minimum atomic E-state index is -1.47. The Hall–Kier alpha value is -4.44. The number of alkyl carbamates (subject to hydrolysis) is 1. The molecule has 0 saturated carbocycles. The molecule has 0 spiro atoms. The molecule has 4 atom stereocenters. The van der Waals surface area contributed by atoms with E-state index in [0.717, 1.165) is 29.2 Å². The number of aliphatic hydroxyl groups excluding tert-OH is 1. The van der Waals surface area contributed by atoms with Gasteiger partial charge >= 0.3 is 6.09 Å². The van der Waals surface area contributed by atoms with Gasteiger partial charge in [-0.1, -0.05) is 128 Å². The molecule has 0 aliphatic heterocycles. The molecule has 0 aliphatic carbocycles. The average molecular weight is 731 g/mol. The van der Waals surface area contributed by atoms with Crippen LogP contribution >= 0.6 is 0 Å². The molecule has 2 unspecified atom stereocenters. The van der Waals surface area contributed by atoms with E-state index in [9.17, 15) is 24.3 Å². The fourth-order valence-electron chi connectivity index (χ4n) is 6.45. The van der Waals surface area contributed by atoms with Gasteiger partial charge in [-0.15, -0.1) is 0 Å². The number of anilines is 1. The van der Waals surface area contributed by atoms with Gasteiger partial charge in [-0.2, -0.15) is 0 Å². The van der Waals surface area contributed by atoms with Gasteiger partial charge in [0.15, 0.2) is 0 Å². The van der Waals surface area contributed by atoms with Crippen molar-refractivity contribution in [1.82, 2.24) is 16.0 Å². The molecule has 3 rings (SSSR count). The lowest BCUT2D eigenvalue weighted by Crippen LogP contribution is -2.67. The van der Waals surface area contributed by atoms with E-state index in [2.05, 4.69) is 29.8 Å². The third-order valence-corrected chi connectivity index (χ3v) is 9.67. The molecule has 10 heteroatoms.